The largest absolute Gasteiger partial charge is 0.495 e. The van der Waals surface area contributed by atoms with Crippen LogP contribution in [0.15, 0.2) is 41.3 Å². The number of sulfonamides is 1. The molecule has 0 radical (unpaired) electrons. The van der Waals surface area contributed by atoms with Crippen LogP contribution in [0.5, 0.6) is 5.75 Å². The number of hydrogen-bond acceptors (Lipinski definition) is 7. The zero-order valence-corrected chi connectivity index (χ0v) is 23.1. The minimum Gasteiger partial charge on any atom is -0.495 e. The first-order chi connectivity index (χ1) is 17.8. The number of carbonyl (C=O) groups excluding carboxylic acids is 1. The van der Waals surface area contributed by atoms with E-state index in [1.54, 1.807) is 48.4 Å². The van der Waals surface area contributed by atoms with E-state index in [0.717, 1.165) is 39.3 Å². The molecule has 2 aromatic carbocycles. The first-order valence-corrected chi connectivity index (χ1v) is 14.5. The van der Waals surface area contributed by atoms with Crippen molar-refractivity contribution in [1.82, 2.24) is 14.5 Å². The molecule has 2 heterocycles. The zero-order chi connectivity index (χ0) is 26.4. The molecule has 2 aliphatic rings. The Balaban J connectivity index is 1.38. The average Bonchev–Trinajstić information content (AvgIpc) is 2.90. The maximum absolute atomic E-state index is 13.0. The molecule has 9 nitrogen and oxygen atoms in total. The Bertz CT molecular complexity index is 1180. The van der Waals surface area contributed by atoms with Gasteiger partial charge in [-0.3, -0.25) is 9.69 Å². The average molecular weight is 572 g/mol. The zero-order valence-electron chi connectivity index (χ0n) is 20.8. The van der Waals surface area contributed by atoms with Gasteiger partial charge >= 0.3 is 0 Å². The summed E-state index contributed by atoms with van der Waals surface area (Å²) in [5.74, 6) is 0.432. The second-order valence-corrected chi connectivity index (χ2v) is 11.6. The summed E-state index contributed by atoms with van der Waals surface area (Å²) in [6.45, 7) is 6.33. The molecule has 37 heavy (non-hydrogen) atoms. The fraction of sp³-hybridized carbons (Fsp3) is 0.480. The molecule has 0 unspecified atom stereocenters. The third-order valence-electron chi connectivity index (χ3n) is 6.52. The van der Waals surface area contributed by atoms with Gasteiger partial charge < -0.3 is 19.3 Å². The summed E-state index contributed by atoms with van der Waals surface area (Å²) in [6.07, 6.45) is 0.718. The van der Waals surface area contributed by atoms with E-state index in [1.807, 2.05) is 4.90 Å². The van der Waals surface area contributed by atoms with Crippen LogP contribution in [0.3, 0.4) is 0 Å². The van der Waals surface area contributed by atoms with Gasteiger partial charge in [-0.2, -0.15) is 0 Å². The van der Waals surface area contributed by atoms with Gasteiger partial charge in [-0.1, -0.05) is 23.2 Å². The van der Waals surface area contributed by atoms with Crippen molar-refractivity contribution >= 4 is 44.8 Å². The molecule has 1 amide bonds. The summed E-state index contributed by atoms with van der Waals surface area (Å²) in [5.41, 5.74) is 1.12. The van der Waals surface area contributed by atoms with Crippen molar-refractivity contribution in [2.24, 2.45) is 0 Å². The van der Waals surface area contributed by atoms with E-state index >= 15 is 0 Å². The SMILES string of the molecule is COc1ccc(S(=O)(=O)NCCCN2CCOCC2)cc1N1CCN(C(=O)c2cc(Cl)cc(Cl)c2)CC1. The van der Waals surface area contributed by atoms with E-state index < -0.39 is 10.0 Å². The van der Waals surface area contributed by atoms with Crippen LogP contribution in [-0.2, 0) is 14.8 Å². The number of nitrogens with zero attached hydrogens (tertiary/aromatic N) is 3. The topological polar surface area (TPSA) is 91.4 Å². The molecule has 2 saturated heterocycles. The van der Waals surface area contributed by atoms with Crippen LogP contribution in [0.2, 0.25) is 10.0 Å². The minimum atomic E-state index is -3.68. The number of benzene rings is 2. The van der Waals surface area contributed by atoms with Crippen LogP contribution in [0.1, 0.15) is 16.8 Å². The molecule has 2 fully saturated rings. The molecule has 4 rings (SSSR count). The number of morpholine rings is 1. The van der Waals surface area contributed by atoms with Gasteiger partial charge in [0.2, 0.25) is 10.0 Å². The van der Waals surface area contributed by atoms with Gasteiger partial charge in [0.25, 0.3) is 5.91 Å². The molecule has 0 aromatic heterocycles. The molecule has 0 bridgehead atoms. The number of methoxy groups -OCH3 is 1. The highest BCUT2D eigenvalue weighted by Crippen LogP contribution is 2.32. The minimum absolute atomic E-state index is 0.145. The van der Waals surface area contributed by atoms with Gasteiger partial charge in [-0.05, 0) is 49.4 Å². The van der Waals surface area contributed by atoms with Crippen LogP contribution >= 0.6 is 23.2 Å². The number of rotatable bonds is 9. The van der Waals surface area contributed by atoms with E-state index in [4.69, 9.17) is 32.7 Å². The Morgan fingerprint density at radius 1 is 1.00 bits per heavy atom. The van der Waals surface area contributed by atoms with Crippen LogP contribution < -0.4 is 14.4 Å². The van der Waals surface area contributed by atoms with Crippen LogP contribution in [0, 0.1) is 0 Å². The van der Waals surface area contributed by atoms with Gasteiger partial charge in [-0.25, -0.2) is 13.1 Å². The first-order valence-electron chi connectivity index (χ1n) is 12.2. The maximum atomic E-state index is 13.0. The monoisotopic (exact) mass is 570 g/mol. The summed E-state index contributed by atoms with van der Waals surface area (Å²) in [5, 5.41) is 0.818. The van der Waals surface area contributed by atoms with E-state index in [-0.39, 0.29) is 10.8 Å². The molecule has 0 atom stereocenters. The van der Waals surface area contributed by atoms with Crippen molar-refractivity contribution in [2.75, 3.05) is 77.6 Å². The smallest absolute Gasteiger partial charge is 0.254 e. The lowest BCUT2D eigenvalue weighted by molar-refractivity contribution is 0.0376. The van der Waals surface area contributed by atoms with Gasteiger partial charge in [0, 0.05) is 61.4 Å². The fourth-order valence-electron chi connectivity index (χ4n) is 4.51. The van der Waals surface area contributed by atoms with Crippen molar-refractivity contribution in [3.8, 4) is 5.75 Å². The Morgan fingerprint density at radius 2 is 1.68 bits per heavy atom. The Labute approximate surface area is 228 Å². The Kier molecular flexibility index (Phi) is 9.55. The maximum Gasteiger partial charge on any atom is 0.254 e. The molecular weight excluding hydrogens is 539 g/mol. The quantitative estimate of drug-likeness (QED) is 0.463. The molecule has 2 aromatic rings. The molecule has 2 aliphatic heterocycles. The van der Waals surface area contributed by atoms with E-state index in [1.165, 1.54) is 0 Å². The van der Waals surface area contributed by atoms with Crippen LogP contribution in [0.4, 0.5) is 5.69 Å². The second kappa shape index (κ2) is 12.6. The summed E-state index contributed by atoms with van der Waals surface area (Å²) in [7, 11) is -2.13. The molecule has 0 saturated carbocycles. The highest BCUT2D eigenvalue weighted by atomic mass is 35.5. The summed E-state index contributed by atoms with van der Waals surface area (Å²) < 4.78 is 39.6. The summed E-state index contributed by atoms with van der Waals surface area (Å²) >= 11 is 12.1. The van der Waals surface area contributed by atoms with Crippen molar-refractivity contribution in [3.05, 3.63) is 52.0 Å². The van der Waals surface area contributed by atoms with Crippen molar-refractivity contribution < 1.29 is 22.7 Å². The number of piperazine rings is 1. The van der Waals surface area contributed by atoms with Gasteiger partial charge in [-0.15, -0.1) is 0 Å². The Hall–Kier alpha value is -2.08. The number of carbonyl (C=O) groups is 1. The summed E-state index contributed by atoms with van der Waals surface area (Å²) in [4.78, 5) is 19.2. The number of anilines is 1. The van der Waals surface area contributed by atoms with E-state index in [0.29, 0.717) is 59.8 Å². The van der Waals surface area contributed by atoms with Crippen LogP contribution in [-0.4, -0.2) is 96.8 Å². The number of halogens is 2. The highest BCUT2D eigenvalue weighted by molar-refractivity contribution is 7.89. The molecule has 1 N–H and O–H groups in total. The number of ether oxygens (including phenoxy) is 2. The Morgan fingerprint density at radius 3 is 2.32 bits per heavy atom. The second-order valence-electron chi connectivity index (χ2n) is 8.98. The van der Waals surface area contributed by atoms with Crippen LogP contribution in [0.25, 0.3) is 0 Å². The molecule has 0 spiro atoms. The first kappa shape index (κ1) is 27.9. The predicted molar refractivity (Wildman–Crippen MR) is 145 cm³/mol. The number of nitrogens with one attached hydrogen (secondary N) is 1. The lowest BCUT2D eigenvalue weighted by Crippen LogP contribution is -2.49. The highest BCUT2D eigenvalue weighted by Gasteiger charge is 2.26. The number of amides is 1. The third-order valence-corrected chi connectivity index (χ3v) is 8.42. The van der Waals surface area contributed by atoms with Gasteiger partial charge in [0.1, 0.15) is 5.75 Å². The van der Waals surface area contributed by atoms with Crippen molar-refractivity contribution in [3.63, 3.8) is 0 Å². The standard InChI is InChI=1S/C25H32Cl2N4O5S/c1-35-24-4-3-22(37(33,34)28-5-2-6-29-11-13-36-14-12-29)18-23(24)30-7-9-31(10-8-30)25(32)19-15-20(26)17-21(27)16-19/h3-4,15-18,28H,2,5-14H2,1H3. The van der Waals surface area contributed by atoms with Gasteiger partial charge in [0.05, 0.1) is 30.9 Å². The van der Waals surface area contributed by atoms with E-state index in [2.05, 4.69) is 9.62 Å². The summed E-state index contributed by atoms with van der Waals surface area (Å²) in [6, 6.07) is 9.65. The lowest BCUT2D eigenvalue weighted by Gasteiger charge is -2.36. The molecule has 202 valence electrons. The molecular formula is C25H32Cl2N4O5S. The molecule has 0 aliphatic carbocycles. The third kappa shape index (κ3) is 7.28. The van der Waals surface area contributed by atoms with E-state index in [9.17, 15) is 13.2 Å². The predicted octanol–water partition coefficient (Wildman–Crippen LogP) is 2.97. The fourth-order valence-corrected chi connectivity index (χ4v) is 6.13. The normalized spacial score (nSPS) is 17.2. The van der Waals surface area contributed by atoms with Crippen molar-refractivity contribution in [2.45, 2.75) is 11.3 Å². The lowest BCUT2D eigenvalue weighted by atomic mass is 10.1. The molecule has 12 heteroatoms. The number of hydrogen-bond donors (Lipinski definition) is 1. The van der Waals surface area contributed by atoms with Crippen molar-refractivity contribution in [1.29, 1.82) is 0 Å². The van der Waals surface area contributed by atoms with Gasteiger partial charge in [0.15, 0.2) is 0 Å².